The first-order chi connectivity index (χ1) is 12.2. The lowest BCUT2D eigenvalue weighted by Gasteiger charge is -2.22. The van der Waals surface area contributed by atoms with E-state index in [9.17, 15) is 23.8 Å². The molecule has 0 radical (unpaired) electrons. The van der Waals surface area contributed by atoms with Crippen molar-refractivity contribution in [1.82, 2.24) is 10.4 Å². The number of amides is 1. The van der Waals surface area contributed by atoms with Crippen molar-refractivity contribution in [1.29, 1.82) is 0 Å². The van der Waals surface area contributed by atoms with Gasteiger partial charge in [0.15, 0.2) is 23.1 Å². The molecule has 0 saturated heterocycles. The molecule has 0 aliphatic heterocycles. The molecule has 0 saturated carbocycles. The first-order valence-electron chi connectivity index (χ1n) is 7.21. The number of nitrogens with zero attached hydrogens (tertiary/aromatic N) is 1. The highest BCUT2D eigenvalue weighted by molar-refractivity contribution is 6.32. The zero-order valence-electron chi connectivity index (χ0n) is 13.1. The summed E-state index contributed by atoms with van der Waals surface area (Å²) in [6.45, 7) is -0.845. The minimum Gasteiger partial charge on any atom is -0.504 e. The topological polar surface area (TPSA) is 93.0 Å². The van der Waals surface area contributed by atoms with Crippen molar-refractivity contribution in [2.24, 2.45) is 0 Å². The van der Waals surface area contributed by atoms with Crippen LogP contribution in [0.3, 0.4) is 0 Å². The van der Waals surface area contributed by atoms with Crippen LogP contribution in [0, 0.1) is 11.6 Å². The van der Waals surface area contributed by atoms with Gasteiger partial charge in [0.25, 0.3) is 5.91 Å². The molecular weight excluding hydrogens is 393 g/mol. The van der Waals surface area contributed by atoms with Crippen LogP contribution in [0.4, 0.5) is 8.78 Å². The van der Waals surface area contributed by atoms with Crippen LogP contribution in [-0.4, -0.2) is 32.8 Å². The standard InChI is InChI=1S/C16H14Cl2F2N2O4/c17-10-3-1-8(13(19)15(10)24)5-22(7-12(23)21-26)6-9-2-4-11(18)16(25)14(9)20/h1-4,24-26H,5-7H2,(H,21,23). The molecule has 0 bridgehead atoms. The van der Waals surface area contributed by atoms with Gasteiger partial charge in [-0.25, -0.2) is 14.3 Å². The number of benzene rings is 2. The summed E-state index contributed by atoms with van der Waals surface area (Å²) < 4.78 is 28.3. The number of aromatic hydroxyl groups is 2. The average Bonchev–Trinajstić information content (AvgIpc) is 2.62. The second-order valence-corrected chi connectivity index (χ2v) is 6.23. The van der Waals surface area contributed by atoms with Crippen molar-refractivity contribution in [2.45, 2.75) is 13.1 Å². The SMILES string of the molecule is O=C(CN(Cc1ccc(Cl)c(O)c1F)Cc1ccc(Cl)c(O)c1F)NO. The van der Waals surface area contributed by atoms with E-state index in [-0.39, 0.29) is 34.3 Å². The zero-order chi connectivity index (χ0) is 19.4. The Morgan fingerprint density at radius 2 is 1.38 bits per heavy atom. The van der Waals surface area contributed by atoms with E-state index in [1.807, 2.05) is 0 Å². The normalized spacial score (nSPS) is 11.0. The van der Waals surface area contributed by atoms with Gasteiger partial charge in [-0.15, -0.1) is 0 Å². The fraction of sp³-hybridized carbons (Fsp3) is 0.188. The molecule has 6 nitrogen and oxygen atoms in total. The summed E-state index contributed by atoms with van der Waals surface area (Å²) in [6.07, 6.45) is 0. The quantitative estimate of drug-likeness (QED) is 0.436. The Hall–Kier alpha value is -2.13. The molecule has 0 aromatic heterocycles. The van der Waals surface area contributed by atoms with Crippen molar-refractivity contribution >= 4 is 29.1 Å². The molecule has 0 aliphatic carbocycles. The average molecular weight is 407 g/mol. The lowest BCUT2D eigenvalue weighted by atomic mass is 10.1. The van der Waals surface area contributed by atoms with E-state index >= 15 is 0 Å². The molecule has 140 valence electrons. The minimum atomic E-state index is -0.980. The second-order valence-electron chi connectivity index (χ2n) is 5.42. The van der Waals surface area contributed by atoms with Crippen LogP contribution in [0.1, 0.15) is 11.1 Å². The summed E-state index contributed by atoms with van der Waals surface area (Å²) in [6, 6.07) is 5.15. The molecule has 26 heavy (non-hydrogen) atoms. The third kappa shape index (κ3) is 4.53. The molecule has 4 N–H and O–H groups in total. The summed E-state index contributed by atoms with van der Waals surface area (Å²) >= 11 is 11.2. The number of hydrogen-bond acceptors (Lipinski definition) is 5. The first kappa shape index (κ1) is 20.2. The van der Waals surface area contributed by atoms with Crippen molar-refractivity contribution < 1.29 is 29.0 Å². The van der Waals surface area contributed by atoms with Gasteiger partial charge in [0.1, 0.15) is 0 Å². The van der Waals surface area contributed by atoms with Crippen molar-refractivity contribution in [3.05, 3.63) is 57.1 Å². The van der Waals surface area contributed by atoms with Gasteiger partial charge in [-0.3, -0.25) is 14.9 Å². The van der Waals surface area contributed by atoms with Crippen LogP contribution in [0.5, 0.6) is 11.5 Å². The zero-order valence-corrected chi connectivity index (χ0v) is 14.7. The molecule has 0 aliphatic rings. The summed E-state index contributed by atoms with van der Waals surface area (Å²) in [5.41, 5.74) is 1.42. The van der Waals surface area contributed by atoms with E-state index in [1.54, 1.807) is 0 Å². The van der Waals surface area contributed by atoms with Crippen LogP contribution in [-0.2, 0) is 17.9 Å². The number of halogens is 4. The van der Waals surface area contributed by atoms with E-state index in [0.717, 1.165) is 0 Å². The first-order valence-corrected chi connectivity index (χ1v) is 7.97. The Morgan fingerprint density at radius 1 is 0.962 bits per heavy atom. The monoisotopic (exact) mass is 406 g/mol. The summed E-state index contributed by atoms with van der Waals surface area (Å²) in [5.74, 6) is -4.27. The third-order valence-corrected chi connectivity index (χ3v) is 4.18. The summed E-state index contributed by atoms with van der Waals surface area (Å²) in [4.78, 5) is 12.8. The van der Waals surface area contributed by atoms with Gasteiger partial charge in [-0.1, -0.05) is 35.3 Å². The Morgan fingerprint density at radius 3 is 1.77 bits per heavy atom. The molecule has 10 heteroatoms. The molecule has 2 rings (SSSR count). The molecule has 2 aromatic carbocycles. The fourth-order valence-electron chi connectivity index (χ4n) is 2.30. The van der Waals surface area contributed by atoms with E-state index in [1.165, 1.54) is 34.6 Å². The Kier molecular flexibility index (Phi) is 6.60. The Balaban J connectivity index is 2.31. The van der Waals surface area contributed by atoms with Crippen LogP contribution in [0.15, 0.2) is 24.3 Å². The third-order valence-electron chi connectivity index (χ3n) is 3.57. The maximum atomic E-state index is 14.1. The van der Waals surface area contributed by atoms with Crippen LogP contribution < -0.4 is 5.48 Å². The number of rotatable bonds is 6. The molecule has 2 aromatic rings. The summed E-state index contributed by atoms with van der Waals surface area (Å²) in [7, 11) is 0. The van der Waals surface area contributed by atoms with Gasteiger partial charge in [0.2, 0.25) is 0 Å². The van der Waals surface area contributed by atoms with E-state index < -0.39 is 35.6 Å². The number of nitrogens with one attached hydrogen (secondary N) is 1. The summed E-state index contributed by atoms with van der Waals surface area (Å²) in [5, 5.41) is 27.5. The number of phenolic OH excluding ortho intramolecular Hbond substituents is 2. The number of phenols is 2. The number of hydrogen-bond donors (Lipinski definition) is 4. The van der Waals surface area contributed by atoms with Gasteiger partial charge in [0.05, 0.1) is 16.6 Å². The number of hydroxylamine groups is 1. The molecule has 1 amide bonds. The highest BCUT2D eigenvalue weighted by atomic mass is 35.5. The lowest BCUT2D eigenvalue weighted by molar-refractivity contribution is -0.130. The van der Waals surface area contributed by atoms with Crippen molar-refractivity contribution in [3.8, 4) is 11.5 Å². The largest absolute Gasteiger partial charge is 0.504 e. The molecule has 0 atom stereocenters. The fourth-order valence-corrected chi connectivity index (χ4v) is 2.59. The molecular formula is C16H14Cl2F2N2O4. The van der Waals surface area contributed by atoms with Crippen molar-refractivity contribution in [2.75, 3.05) is 6.54 Å². The molecule has 0 unspecified atom stereocenters. The van der Waals surface area contributed by atoms with E-state index in [4.69, 9.17) is 28.4 Å². The van der Waals surface area contributed by atoms with Gasteiger partial charge >= 0.3 is 0 Å². The van der Waals surface area contributed by atoms with Crippen LogP contribution in [0.2, 0.25) is 10.0 Å². The smallest absolute Gasteiger partial charge is 0.257 e. The maximum absolute atomic E-state index is 14.1. The number of carbonyl (C=O) groups is 1. The Labute approximate surface area is 157 Å². The van der Waals surface area contributed by atoms with Gasteiger partial charge in [-0.2, -0.15) is 0 Å². The van der Waals surface area contributed by atoms with Gasteiger partial charge < -0.3 is 10.2 Å². The minimum absolute atomic E-state index is 0.00349. The second kappa shape index (κ2) is 8.50. The lowest BCUT2D eigenvalue weighted by Crippen LogP contribution is -2.35. The predicted molar refractivity (Wildman–Crippen MR) is 90.2 cm³/mol. The van der Waals surface area contributed by atoms with Gasteiger partial charge in [-0.05, 0) is 12.1 Å². The highest BCUT2D eigenvalue weighted by Gasteiger charge is 2.20. The van der Waals surface area contributed by atoms with Crippen molar-refractivity contribution in [3.63, 3.8) is 0 Å². The molecule has 0 spiro atoms. The van der Waals surface area contributed by atoms with E-state index in [0.29, 0.717) is 0 Å². The Bertz CT molecular complexity index is 777. The van der Waals surface area contributed by atoms with Gasteiger partial charge in [0, 0.05) is 24.2 Å². The van der Waals surface area contributed by atoms with Crippen LogP contribution in [0.25, 0.3) is 0 Å². The maximum Gasteiger partial charge on any atom is 0.257 e. The molecule has 0 heterocycles. The molecule has 0 fully saturated rings. The highest BCUT2D eigenvalue weighted by Crippen LogP contribution is 2.31. The van der Waals surface area contributed by atoms with E-state index in [2.05, 4.69) is 0 Å². The number of carbonyl (C=O) groups excluding carboxylic acids is 1. The predicted octanol–water partition coefficient (Wildman–Crippen LogP) is 3.19. The van der Waals surface area contributed by atoms with Crippen LogP contribution >= 0.6 is 23.2 Å².